The molecule has 1 nitrogen and oxygen atoms in total. The molecule has 146 valence electrons. The minimum absolute atomic E-state index is 0.176. The van der Waals surface area contributed by atoms with E-state index in [0.29, 0.717) is 5.25 Å². The molecule has 3 heterocycles. The monoisotopic (exact) mass is 416 g/mol. The standard InChI is InChI=1S/C26H24OS2/c1-2-6-22-17(4-1)9-11-23(27-22)18-7-8-21-16-26(29-25(21)15-18)20-10-12-24-19(14-20)5-3-13-28-24/h1-2,4,6-8,10,12,14-15,23,26H,3,5,9,11,13,16H2. The van der Waals surface area contributed by atoms with Crippen LogP contribution in [0, 0.1) is 0 Å². The van der Waals surface area contributed by atoms with Gasteiger partial charge < -0.3 is 4.74 Å². The van der Waals surface area contributed by atoms with Gasteiger partial charge in [-0.3, -0.25) is 0 Å². The number of rotatable bonds is 2. The van der Waals surface area contributed by atoms with Crippen LogP contribution in [0.2, 0.25) is 0 Å². The van der Waals surface area contributed by atoms with Crippen LogP contribution in [0.3, 0.4) is 0 Å². The van der Waals surface area contributed by atoms with Gasteiger partial charge in [-0.15, -0.1) is 23.5 Å². The Morgan fingerprint density at radius 1 is 0.793 bits per heavy atom. The molecule has 0 saturated heterocycles. The van der Waals surface area contributed by atoms with Crippen LogP contribution in [0.1, 0.15) is 52.0 Å². The van der Waals surface area contributed by atoms with Crippen molar-refractivity contribution in [3.05, 3.63) is 88.5 Å². The lowest BCUT2D eigenvalue weighted by Gasteiger charge is -2.26. The fourth-order valence-corrected chi connectivity index (χ4v) is 7.15. The van der Waals surface area contributed by atoms with Gasteiger partial charge >= 0.3 is 0 Å². The third kappa shape index (κ3) is 3.39. The summed E-state index contributed by atoms with van der Waals surface area (Å²) in [7, 11) is 0. The van der Waals surface area contributed by atoms with Gasteiger partial charge in [-0.05, 0) is 83.9 Å². The highest BCUT2D eigenvalue weighted by molar-refractivity contribution is 8.00. The van der Waals surface area contributed by atoms with E-state index in [1.165, 1.54) is 50.6 Å². The first-order valence-electron chi connectivity index (χ1n) is 10.6. The average molecular weight is 417 g/mol. The second-order valence-corrected chi connectivity index (χ2v) is 10.6. The van der Waals surface area contributed by atoms with E-state index >= 15 is 0 Å². The third-order valence-electron chi connectivity index (χ3n) is 6.36. The zero-order chi connectivity index (χ0) is 19.2. The summed E-state index contributed by atoms with van der Waals surface area (Å²) in [6.45, 7) is 0. The number of ether oxygens (including phenoxy) is 1. The molecule has 3 aliphatic heterocycles. The number of hydrogen-bond donors (Lipinski definition) is 0. The summed E-state index contributed by atoms with van der Waals surface area (Å²) in [5.74, 6) is 2.33. The van der Waals surface area contributed by atoms with E-state index in [9.17, 15) is 0 Å². The van der Waals surface area contributed by atoms with Crippen molar-refractivity contribution in [3.63, 3.8) is 0 Å². The first-order chi connectivity index (χ1) is 14.3. The molecular formula is C26H24OS2. The average Bonchev–Trinajstić information content (AvgIpc) is 3.22. The molecule has 0 fully saturated rings. The first-order valence-corrected chi connectivity index (χ1v) is 12.5. The van der Waals surface area contributed by atoms with Crippen molar-refractivity contribution in [2.75, 3.05) is 5.75 Å². The Bertz CT molecular complexity index is 1070. The molecule has 6 rings (SSSR count). The molecule has 2 unspecified atom stereocenters. The SMILES string of the molecule is c1ccc2c(c1)CCC(c1ccc3c(c1)SC(c1ccc4c(c1)CCCS4)C3)O2. The minimum atomic E-state index is 0.176. The third-order valence-corrected chi connectivity index (χ3v) is 8.92. The van der Waals surface area contributed by atoms with Gasteiger partial charge in [0.1, 0.15) is 11.9 Å². The van der Waals surface area contributed by atoms with E-state index in [2.05, 4.69) is 60.7 Å². The summed E-state index contributed by atoms with van der Waals surface area (Å²) in [6, 6.07) is 22.7. The van der Waals surface area contributed by atoms with Crippen molar-refractivity contribution in [1.29, 1.82) is 0 Å². The van der Waals surface area contributed by atoms with E-state index in [4.69, 9.17) is 4.74 Å². The topological polar surface area (TPSA) is 9.23 Å². The van der Waals surface area contributed by atoms with Crippen molar-refractivity contribution < 1.29 is 4.74 Å². The van der Waals surface area contributed by atoms with Crippen LogP contribution in [0.4, 0.5) is 0 Å². The molecular weight excluding hydrogens is 392 g/mol. The summed E-state index contributed by atoms with van der Waals surface area (Å²) in [6.07, 6.45) is 6.03. The number of fused-ring (bicyclic) bond motifs is 3. The predicted octanol–water partition coefficient (Wildman–Crippen LogP) is 7.18. The lowest BCUT2D eigenvalue weighted by Crippen LogP contribution is -2.15. The van der Waals surface area contributed by atoms with Gasteiger partial charge in [0.25, 0.3) is 0 Å². The van der Waals surface area contributed by atoms with E-state index in [-0.39, 0.29) is 6.10 Å². The molecule has 3 heteroatoms. The normalized spacial score (nSPS) is 22.3. The quantitative estimate of drug-likeness (QED) is 0.438. The highest BCUT2D eigenvalue weighted by atomic mass is 32.2. The zero-order valence-electron chi connectivity index (χ0n) is 16.4. The molecule has 0 N–H and O–H groups in total. The van der Waals surface area contributed by atoms with Gasteiger partial charge in [-0.1, -0.05) is 42.5 Å². The van der Waals surface area contributed by atoms with Gasteiger partial charge in [0.2, 0.25) is 0 Å². The Balaban J connectivity index is 1.23. The number of para-hydroxylation sites is 1. The van der Waals surface area contributed by atoms with Crippen LogP contribution in [-0.4, -0.2) is 5.75 Å². The lowest BCUT2D eigenvalue weighted by molar-refractivity contribution is 0.176. The summed E-state index contributed by atoms with van der Waals surface area (Å²) < 4.78 is 6.34. The van der Waals surface area contributed by atoms with Crippen LogP contribution in [0.15, 0.2) is 70.5 Å². The minimum Gasteiger partial charge on any atom is -0.485 e. The molecule has 3 aliphatic rings. The molecule has 2 atom stereocenters. The van der Waals surface area contributed by atoms with E-state index in [1.54, 1.807) is 5.56 Å². The molecule has 3 aromatic rings. The van der Waals surface area contributed by atoms with Crippen molar-refractivity contribution >= 4 is 23.5 Å². The second kappa shape index (κ2) is 7.45. The molecule has 0 aliphatic carbocycles. The van der Waals surface area contributed by atoms with Crippen molar-refractivity contribution in [2.24, 2.45) is 0 Å². The van der Waals surface area contributed by atoms with Gasteiger partial charge in [-0.2, -0.15) is 0 Å². The van der Waals surface area contributed by atoms with Crippen LogP contribution in [-0.2, 0) is 19.3 Å². The second-order valence-electron chi connectivity index (χ2n) is 8.25. The molecule has 0 aromatic heterocycles. The zero-order valence-corrected chi connectivity index (χ0v) is 18.0. The fourth-order valence-electron chi connectivity index (χ4n) is 4.77. The largest absolute Gasteiger partial charge is 0.485 e. The van der Waals surface area contributed by atoms with Crippen LogP contribution >= 0.6 is 23.5 Å². The van der Waals surface area contributed by atoms with E-state index < -0.39 is 0 Å². The van der Waals surface area contributed by atoms with Crippen LogP contribution < -0.4 is 4.74 Å². The maximum absolute atomic E-state index is 6.34. The highest BCUT2D eigenvalue weighted by Gasteiger charge is 2.27. The number of hydrogen-bond acceptors (Lipinski definition) is 3. The fraction of sp³-hybridized carbons (Fsp3) is 0.308. The van der Waals surface area contributed by atoms with Gasteiger partial charge in [-0.25, -0.2) is 0 Å². The van der Waals surface area contributed by atoms with Crippen molar-refractivity contribution in [3.8, 4) is 5.75 Å². The Morgan fingerprint density at radius 3 is 2.72 bits per heavy atom. The summed E-state index contributed by atoms with van der Waals surface area (Å²) in [5, 5.41) is 0.547. The summed E-state index contributed by atoms with van der Waals surface area (Å²) >= 11 is 4.06. The van der Waals surface area contributed by atoms with Gasteiger partial charge in [0.15, 0.2) is 0 Å². The smallest absolute Gasteiger partial charge is 0.124 e. The molecule has 0 amide bonds. The lowest BCUT2D eigenvalue weighted by atomic mass is 9.95. The molecule has 3 aromatic carbocycles. The Kier molecular flexibility index (Phi) is 4.61. The summed E-state index contributed by atoms with van der Waals surface area (Å²) in [4.78, 5) is 2.94. The molecule has 0 bridgehead atoms. The number of benzene rings is 3. The molecule has 0 saturated carbocycles. The van der Waals surface area contributed by atoms with Gasteiger partial charge in [0, 0.05) is 15.0 Å². The molecule has 0 radical (unpaired) electrons. The Labute approximate surface area is 181 Å². The first kappa shape index (κ1) is 18.0. The highest BCUT2D eigenvalue weighted by Crippen LogP contribution is 2.48. The maximum atomic E-state index is 6.34. The van der Waals surface area contributed by atoms with Crippen molar-refractivity contribution in [1.82, 2.24) is 0 Å². The Morgan fingerprint density at radius 2 is 1.72 bits per heavy atom. The Hall–Kier alpha value is -1.84. The molecule has 29 heavy (non-hydrogen) atoms. The predicted molar refractivity (Wildman–Crippen MR) is 122 cm³/mol. The van der Waals surface area contributed by atoms with Gasteiger partial charge in [0.05, 0.1) is 0 Å². The van der Waals surface area contributed by atoms with Crippen molar-refractivity contribution in [2.45, 2.75) is 53.2 Å². The summed E-state index contributed by atoms with van der Waals surface area (Å²) in [5.41, 5.74) is 7.22. The van der Waals surface area contributed by atoms with E-state index in [0.717, 1.165) is 25.0 Å². The van der Waals surface area contributed by atoms with Crippen LogP contribution in [0.25, 0.3) is 0 Å². The van der Waals surface area contributed by atoms with Crippen LogP contribution in [0.5, 0.6) is 5.75 Å². The number of thioether (sulfide) groups is 2. The maximum Gasteiger partial charge on any atom is 0.124 e. The van der Waals surface area contributed by atoms with E-state index in [1.807, 2.05) is 23.5 Å². The molecule has 0 spiro atoms. The number of aryl methyl sites for hydroxylation is 2.